The summed E-state index contributed by atoms with van der Waals surface area (Å²) >= 11 is 0. The molecule has 6 nitrogen and oxygen atoms in total. The van der Waals surface area contributed by atoms with Gasteiger partial charge in [0.1, 0.15) is 5.76 Å². The Morgan fingerprint density at radius 3 is 2.56 bits per heavy atom. The first-order chi connectivity index (χ1) is 11.0. The lowest BCUT2D eigenvalue weighted by molar-refractivity contribution is -0.140. The molecule has 2 atom stereocenters. The molecule has 2 aliphatic rings. The quantitative estimate of drug-likeness (QED) is 0.854. The van der Waals surface area contributed by atoms with Gasteiger partial charge in [0.15, 0.2) is 0 Å². The molecule has 0 aromatic carbocycles. The maximum atomic E-state index is 12.8. The molecule has 1 amide bonds. The van der Waals surface area contributed by atoms with Gasteiger partial charge in [0.25, 0.3) is 0 Å². The zero-order valence-electron chi connectivity index (χ0n) is 15.1. The number of rotatable bonds is 3. The fraction of sp³-hybridized carbons (Fsp3) is 0.765. The Morgan fingerprint density at radius 1 is 1.32 bits per heavy atom. The number of carbonyl (C=O) groups is 1. The van der Waals surface area contributed by atoms with Crippen molar-refractivity contribution in [1.82, 2.24) is 15.0 Å². The van der Waals surface area contributed by atoms with Crippen molar-refractivity contribution < 1.29 is 9.32 Å². The molecule has 8 heteroatoms. The van der Waals surface area contributed by atoms with Crippen LogP contribution in [0.5, 0.6) is 0 Å². The Morgan fingerprint density at radius 2 is 2.00 bits per heavy atom. The van der Waals surface area contributed by atoms with E-state index in [1.807, 2.05) is 24.8 Å². The summed E-state index contributed by atoms with van der Waals surface area (Å²) in [5.74, 6) is 1.08. The molecule has 0 bridgehead atoms. The minimum Gasteiger partial charge on any atom is -0.361 e. The third-order valence-corrected chi connectivity index (χ3v) is 5.30. The van der Waals surface area contributed by atoms with E-state index in [4.69, 9.17) is 10.3 Å². The zero-order valence-corrected chi connectivity index (χ0v) is 16.7. The average Bonchev–Trinajstić information content (AvgIpc) is 2.92. The minimum atomic E-state index is -0.343. The van der Waals surface area contributed by atoms with E-state index in [1.165, 1.54) is 0 Å². The van der Waals surface area contributed by atoms with Gasteiger partial charge in [-0.1, -0.05) is 18.0 Å². The van der Waals surface area contributed by atoms with Crippen LogP contribution in [0.4, 0.5) is 0 Å². The normalized spacial score (nSPS) is 27.3. The highest BCUT2D eigenvalue weighted by atomic mass is 35.5. The molecule has 25 heavy (non-hydrogen) atoms. The number of hydrogen-bond acceptors (Lipinski definition) is 5. The Kier molecular flexibility index (Phi) is 8.19. The lowest BCUT2D eigenvalue weighted by atomic mass is 9.74. The van der Waals surface area contributed by atoms with Crippen LogP contribution < -0.4 is 5.73 Å². The summed E-state index contributed by atoms with van der Waals surface area (Å²) in [4.78, 5) is 17.2. The third-order valence-electron chi connectivity index (χ3n) is 5.30. The number of aryl methyl sites for hydroxylation is 1. The SMILES string of the molecule is Cc1cc(CN2CCN(C(=O)C3CCCCC3(C)N)CC2)no1.Cl.Cl. The standard InChI is InChI=1S/C17H28N4O2.2ClH/c1-13-11-14(19-23-13)12-20-7-9-21(10-8-20)16(22)15-5-3-4-6-17(15,2)18;;/h11,15H,3-10,12,18H2,1-2H3;2*1H. The molecule has 1 aromatic rings. The zero-order chi connectivity index (χ0) is 16.4. The predicted octanol–water partition coefficient (Wildman–Crippen LogP) is 2.38. The van der Waals surface area contributed by atoms with E-state index in [0.29, 0.717) is 0 Å². The Labute approximate surface area is 162 Å². The van der Waals surface area contributed by atoms with Gasteiger partial charge in [-0.25, -0.2) is 0 Å². The molecule has 1 aliphatic heterocycles. The second kappa shape index (κ2) is 9.21. The van der Waals surface area contributed by atoms with E-state index in [2.05, 4.69) is 10.1 Å². The van der Waals surface area contributed by atoms with Crippen LogP contribution in [0.1, 0.15) is 44.1 Å². The molecule has 1 saturated heterocycles. The molecule has 1 aromatic heterocycles. The van der Waals surface area contributed by atoms with Gasteiger partial charge in [0.2, 0.25) is 5.91 Å². The van der Waals surface area contributed by atoms with Crippen LogP contribution >= 0.6 is 24.8 Å². The van der Waals surface area contributed by atoms with Gasteiger partial charge in [-0.2, -0.15) is 0 Å². The van der Waals surface area contributed by atoms with Gasteiger partial charge >= 0.3 is 0 Å². The van der Waals surface area contributed by atoms with Gasteiger partial charge < -0.3 is 15.2 Å². The lowest BCUT2D eigenvalue weighted by Crippen LogP contribution is -2.57. The summed E-state index contributed by atoms with van der Waals surface area (Å²) in [7, 11) is 0. The van der Waals surface area contributed by atoms with Crippen molar-refractivity contribution in [3.05, 3.63) is 17.5 Å². The smallest absolute Gasteiger partial charge is 0.227 e. The third kappa shape index (κ3) is 5.33. The number of aromatic nitrogens is 1. The van der Waals surface area contributed by atoms with Gasteiger partial charge in [-0.05, 0) is 26.7 Å². The number of hydrogen-bond donors (Lipinski definition) is 1. The Balaban J connectivity index is 0.00000156. The molecule has 2 fully saturated rings. The molecule has 1 saturated carbocycles. The van der Waals surface area contributed by atoms with Gasteiger partial charge in [-0.15, -0.1) is 24.8 Å². The first kappa shape index (κ1) is 22.2. The number of amides is 1. The van der Waals surface area contributed by atoms with Crippen molar-refractivity contribution in [2.24, 2.45) is 11.7 Å². The molecule has 1 aliphatic carbocycles. The molecule has 0 radical (unpaired) electrons. The monoisotopic (exact) mass is 392 g/mol. The van der Waals surface area contributed by atoms with Gasteiger partial charge in [0, 0.05) is 44.3 Å². The van der Waals surface area contributed by atoms with Crippen molar-refractivity contribution in [2.45, 2.75) is 51.6 Å². The highest BCUT2D eigenvalue weighted by Gasteiger charge is 2.40. The number of carbonyl (C=O) groups excluding carboxylic acids is 1. The number of nitrogens with zero attached hydrogens (tertiary/aromatic N) is 3. The summed E-state index contributed by atoms with van der Waals surface area (Å²) < 4.78 is 5.11. The van der Waals surface area contributed by atoms with Crippen LogP contribution in [-0.4, -0.2) is 52.6 Å². The Hall–Kier alpha value is -0.820. The maximum Gasteiger partial charge on any atom is 0.227 e. The number of piperazine rings is 1. The van der Waals surface area contributed by atoms with Gasteiger partial charge in [0.05, 0.1) is 11.6 Å². The second-order valence-corrected chi connectivity index (χ2v) is 7.33. The fourth-order valence-electron chi connectivity index (χ4n) is 3.83. The second-order valence-electron chi connectivity index (χ2n) is 7.33. The molecular formula is C17H30Cl2N4O2. The first-order valence-electron chi connectivity index (χ1n) is 8.68. The largest absolute Gasteiger partial charge is 0.361 e. The lowest BCUT2D eigenvalue weighted by Gasteiger charge is -2.42. The molecule has 144 valence electrons. The highest BCUT2D eigenvalue weighted by Crippen LogP contribution is 2.33. The predicted molar refractivity (Wildman–Crippen MR) is 102 cm³/mol. The van der Waals surface area contributed by atoms with E-state index < -0.39 is 0 Å². The molecule has 0 spiro atoms. The van der Waals surface area contributed by atoms with Gasteiger partial charge in [-0.3, -0.25) is 9.69 Å². The highest BCUT2D eigenvalue weighted by molar-refractivity contribution is 5.85. The van der Waals surface area contributed by atoms with Crippen LogP contribution in [0.2, 0.25) is 0 Å². The van der Waals surface area contributed by atoms with E-state index in [0.717, 1.165) is 69.9 Å². The van der Waals surface area contributed by atoms with Crippen LogP contribution in [0.3, 0.4) is 0 Å². The first-order valence-corrected chi connectivity index (χ1v) is 8.68. The van der Waals surface area contributed by atoms with E-state index in [9.17, 15) is 4.79 Å². The van der Waals surface area contributed by atoms with Crippen molar-refractivity contribution in [3.63, 3.8) is 0 Å². The molecule has 2 N–H and O–H groups in total. The summed E-state index contributed by atoms with van der Waals surface area (Å²) in [6, 6.07) is 1.97. The topological polar surface area (TPSA) is 75.6 Å². The molecule has 2 heterocycles. The molecule has 3 rings (SSSR count). The van der Waals surface area contributed by atoms with Crippen molar-refractivity contribution in [2.75, 3.05) is 26.2 Å². The summed E-state index contributed by atoms with van der Waals surface area (Å²) in [6.07, 6.45) is 4.15. The Bertz CT molecular complexity index is 557. The van der Waals surface area contributed by atoms with Crippen LogP contribution in [0, 0.1) is 12.8 Å². The van der Waals surface area contributed by atoms with Crippen LogP contribution in [0.25, 0.3) is 0 Å². The number of halogens is 2. The van der Waals surface area contributed by atoms with Crippen LogP contribution in [-0.2, 0) is 11.3 Å². The minimum absolute atomic E-state index is 0. The van der Waals surface area contributed by atoms with Crippen molar-refractivity contribution in [3.8, 4) is 0 Å². The van der Waals surface area contributed by atoms with E-state index in [-0.39, 0.29) is 42.2 Å². The number of nitrogens with two attached hydrogens (primary N) is 1. The summed E-state index contributed by atoms with van der Waals surface area (Å²) in [5.41, 5.74) is 7.00. The maximum absolute atomic E-state index is 12.8. The molecule has 2 unspecified atom stereocenters. The summed E-state index contributed by atoms with van der Waals surface area (Å²) in [6.45, 7) is 8.05. The van der Waals surface area contributed by atoms with Crippen molar-refractivity contribution >= 4 is 30.7 Å². The summed E-state index contributed by atoms with van der Waals surface area (Å²) in [5, 5.41) is 4.04. The van der Waals surface area contributed by atoms with Crippen LogP contribution in [0.15, 0.2) is 10.6 Å². The van der Waals surface area contributed by atoms with Crippen molar-refractivity contribution in [1.29, 1.82) is 0 Å². The van der Waals surface area contributed by atoms with E-state index in [1.54, 1.807) is 0 Å². The van der Waals surface area contributed by atoms with E-state index >= 15 is 0 Å². The fourth-order valence-corrected chi connectivity index (χ4v) is 3.83. The molecular weight excluding hydrogens is 363 g/mol. The average molecular weight is 393 g/mol.